The van der Waals surface area contributed by atoms with Crippen LogP contribution in [0, 0.1) is 16.7 Å². The van der Waals surface area contributed by atoms with Crippen LogP contribution in [0.15, 0.2) is 0 Å². The summed E-state index contributed by atoms with van der Waals surface area (Å²) in [5.41, 5.74) is 6.77. The van der Waals surface area contributed by atoms with Gasteiger partial charge in [0.15, 0.2) is 0 Å². The third-order valence-corrected chi connectivity index (χ3v) is 5.71. The average molecular weight is 181 g/mol. The Kier molecular flexibility index (Phi) is 1.24. The van der Waals surface area contributed by atoms with Gasteiger partial charge in [-0.15, -0.1) is 0 Å². The molecule has 0 aromatic rings. The Morgan fingerprint density at radius 3 is 2.69 bits per heavy atom. The van der Waals surface area contributed by atoms with Gasteiger partial charge in [-0.2, -0.15) is 0 Å². The average Bonchev–Trinajstić information content (AvgIpc) is 2.58. The van der Waals surface area contributed by atoms with E-state index in [0.717, 1.165) is 19.1 Å². The monoisotopic (exact) mass is 181 g/mol. The van der Waals surface area contributed by atoms with E-state index in [-0.39, 0.29) is 5.60 Å². The number of rotatable bonds is 1. The van der Waals surface area contributed by atoms with Crippen molar-refractivity contribution in [1.29, 1.82) is 0 Å². The second-order valence-electron chi connectivity index (χ2n) is 5.68. The molecule has 2 aliphatic carbocycles. The summed E-state index contributed by atoms with van der Waals surface area (Å²) < 4.78 is 6.00. The lowest BCUT2D eigenvalue weighted by molar-refractivity contribution is -0.0762. The summed E-state index contributed by atoms with van der Waals surface area (Å²) in [6, 6.07) is 0. The molecule has 0 radical (unpaired) electrons. The van der Waals surface area contributed by atoms with Crippen molar-refractivity contribution in [1.82, 2.24) is 0 Å². The Labute approximate surface area is 79.8 Å². The molecule has 1 aliphatic heterocycles. The summed E-state index contributed by atoms with van der Waals surface area (Å²) in [6.07, 6.45) is 3.94. The summed E-state index contributed by atoms with van der Waals surface area (Å²) >= 11 is 0. The van der Waals surface area contributed by atoms with Crippen molar-refractivity contribution >= 4 is 0 Å². The zero-order valence-corrected chi connectivity index (χ0v) is 8.60. The first kappa shape index (κ1) is 8.25. The van der Waals surface area contributed by atoms with Crippen molar-refractivity contribution in [3.05, 3.63) is 0 Å². The van der Waals surface area contributed by atoms with Crippen LogP contribution in [-0.2, 0) is 4.74 Å². The summed E-state index contributed by atoms with van der Waals surface area (Å²) in [7, 11) is 0. The highest BCUT2D eigenvalue weighted by molar-refractivity contribution is 5.24. The predicted octanol–water partition coefficient (Wildman–Crippen LogP) is 1.54. The third kappa shape index (κ3) is 0.581. The van der Waals surface area contributed by atoms with Gasteiger partial charge in [0.25, 0.3) is 0 Å². The number of hydrogen-bond donors (Lipinski definition) is 1. The van der Waals surface area contributed by atoms with Gasteiger partial charge in [-0.05, 0) is 25.2 Å². The number of nitrogens with two attached hydrogens (primary N) is 1. The van der Waals surface area contributed by atoms with E-state index < -0.39 is 0 Å². The maximum atomic E-state index is 6.00. The Morgan fingerprint density at radius 2 is 2.23 bits per heavy atom. The fraction of sp³-hybridized carbons (Fsp3) is 1.00. The van der Waals surface area contributed by atoms with Crippen molar-refractivity contribution in [2.45, 2.75) is 38.7 Å². The minimum absolute atomic E-state index is 0.0463. The standard InChI is InChI=1S/C11H19NO/c1-9-7-13-11(6-12)5-8(9)3-4-10(9,11)2/h8H,3-7,12H2,1-2H3/t8-,9-,10+,11-/m0/s1. The van der Waals surface area contributed by atoms with Crippen LogP contribution in [0.3, 0.4) is 0 Å². The molecule has 2 saturated carbocycles. The maximum absolute atomic E-state index is 6.00. The highest BCUT2D eigenvalue weighted by atomic mass is 16.5. The summed E-state index contributed by atoms with van der Waals surface area (Å²) in [4.78, 5) is 0. The van der Waals surface area contributed by atoms with Crippen LogP contribution in [0.5, 0.6) is 0 Å². The molecule has 3 rings (SSSR count). The lowest BCUT2D eigenvalue weighted by Crippen LogP contribution is -2.49. The van der Waals surface area contributed by atoms with Gasteiger partial charge in [0.05, 0.1) is 12.2 Å². The zero-order chi connectivity index (χ0) is 9.32. The molecule has 74 valence electrons. The van der Waals surface area contributed by atoms with Crippen LogP contribution in [0.1, 0.15) is 33.1 Å². The highest BCUT2D eigenvalue weighted by Gasteiger charge is 2.75. The van der Waals surface area contributed by atoms with Crippen LogP contribution >= 0.6 is 0 Å². The minimum Gasteiger partial charge on any atom is -0.372 e. The molecular formula is C11H19NO. The minimum atomic E-state index is 0.0463. The van der Waals surface area contributed by atoms with Crippen molar-refractivity contribution in [3.8, 4) is 0 Å². The van der Waals surface area contributed by atoms with Crippen molar-refractivity contribution in [3.63, 3.8) is 0 Å². The highest BCUT2D eigenvalue weighted by Crippen LogP contribution is 2.74. The fourth-order valence-electron chi connectivity index (χ4n) is 4.37. The van der Waals surface area contributed by atoms with Gasteiger partial charge in [0, 0.05) is 17.4 Å². The Balaban J connectivity index is 2.14. The summed E-state index contributed by atoms with van der Waals surface area (Å²) in [5.74, 6) is 0.884. The van der Waals surface area contributed by atoms with E-state index >= 15 is 0 Å². The van der Waals surface area contributed by atoms with E-state index in [2.05, 4.69) is 13.8 Å². The molecule has 1 saturated heterocycles. The zero-order valence-electron chi connectivity index (χ0n) is 8.60. The van der Waals surface area contributed by atoms with Gasteiger partial charge in [-0.1, -0.05) is 13.8 Å². The first-order chi connectivity index (χ1) is 6.08. The summed E-state index contributed by atoms with van der Waals surface area (Å²) in [6.45, 7) is 6.48. The van der Waals surface area contributed by atoms with Crippen LogP contribution < -0.4 is 5.73 Å². The smallest absolute Gasteiger partial charge is 0.0866 e. The first-order valence-corrected chi connectivity index (χ1v) is 5.42. The Hall–Kier alpha value is -0.0800. The molecule has 2 heteroatoms. The van der Waals surface area contributed by atoms with Crippen molar-refractivity contribution < 1.29 is 4.74 Å². The quantitative estimate of drug-likeness (QED) is 0.666. The SMILES string of the molecule is C[C@]12CC[C@H]3C[C@@]1(CN)OC[C@@]32C. The second kappa shape index (κ2) is 1.96. The van der Waals surface area contributed by atoms with E-state index in [1.807, 2.05) is 0 Å². The molecule has 0 aromatic carbocycles. The molecule has 3 fully saturated rings. The van der Waals surface area contributed by atoms with Gasteiger partial charge in [0.1, 0.15) is 0 Å². The first-order valence-electron chi connectivity index (χ1n) is 5.42. The topological polar surface area (TPSA) is 35.2 Å². The molecular weight excluding hydrogens is 162 g/mol. The van der Waals surface area contributed by atoms with Crippen LogP contribution in [0.4, 0.5) is 0 Å². The fourth-order valence-corrected chi connectivity index (χ4v) is 4.37. The van der Waals surface area contributed by atoms with Crippen LogP contribution in [0.2, 0.25) is 0 Å². The largest absolute Gasteiger partial charge is 0.372 e. The van der Waals surface area contributed by atoms with Crippen molar-refractivity contribution in [2.24, 2.45) is 22.5 Å². The van der Waals surface area contributed by atoms with Crippen molar-refractivity contribution in [2.75, 3.05) is 13.2 Å². The van der Waals surface area contributed by atoms with E-state index in [1.165, 1.54) is 19.3 Å². The Morgan fingerprint density at radius 1 is 1.46 bits per heavy atom. The normalized spacial score (nSPS) is 63.5. The molecule has 3 aliphatic rings. The van der Waals surface area contributed by atoms with E-state index in [4.69, 9.17) is 10.5 Å². The van der Waals surface area contributed by atoms with Gasteiger partial charge < -0.3 is 10.5 Å². The molecule has 4 atom stereocenters. The number of hydrogen-bond acceptors (Lipinski definition) is 2. The summed E-state index contributed by atoms with van der Waals surface area (Å²) in [5, 5.41) is 0. The van der Waals surface area contributed by atoms with E-state index in [9.17, 15) is 0 Å². The van der Waals surface area contributed by atoms with Crippen LogP contribution in [0.25, 0.3) is 0 Å². The van der Waals surface area contributed by atoms with Crippen LogP contribution in [-0.4, -0.2) is 18.8 Å². The Bertz CT molecular complexity index is 267. The second-order valence-corrected chi connectivity index (χ2v) is 5.68. The number of ether oxygens (including phenoxy) is 1. The molecule has 2 N–H and O–H groups in total. The molecule has 0 unspecified atom stereocenters. The molecule has 2 nitrogen and oxygen atoms in total. The lowest BCUT2D eigenvalue weighted by atomic mass is 9.66. The molecule has 0 amide bonds. The molecule has 13 heavy (non-hydrogen) atoms. The van der Waals surface area contributed by atoms with Gasteiger partial charge in [-0.25, -0.2) is 0 Å². The lowest BCUT2D eigenvalue weighted by Gasteiger charge is -2.40. The van der Waals surface area contributed by atoms with Gasteiger partial charge in [-0.3, -0.25) is 0 Å². The third-order valence-electron chi connectivity index (χ3n) is 5.71. The van der Waals surface area contributed by atoms with Gasteiger partial charge >= 0.3 is 0 Å². The maximum Gasteiger partial charge on any atom is 0.0866 e. The molecule has 0 spiro atoms. The molecule has 1 heterocycles. The van der Waals surface area contributed by atoms with E-state index in [0.29, 0.717) is 10.8 Å². The van der Waals surface area contributed by atoms with E-state index in [1.54, 1.807) is 0 Å². The molecule has 0 aromatic heterocycles. The predicted molar refractivity (Wildman–Crippen MR) is 51.3 cm³/mol. The molecule has 4 bridgehead atoms. The van der Waals surface area contributed by atoms with Gasteiger partial charge in [0.2, 0.25) is 0 Å².